The highest BCUT2D eigenvalue weighted by Crippen LogP contribution is 2.23. The Bertz CT molecular complexity index is 899. The molecule has 0 spiro atoms. The molecule has 0 fully saturated rings. The van der Waals surface area contributed by atoms with E-state index in [1.165, 1.54) is 6.07 Å². The van der Waals surface area contributed by atoms with E-state index in [0.717, 1.165) is 4.57 Å². The summed E-state index contributed by atoms with van der Waals surface area (Å²) in [5, 5.41) is 0.438. The number of ether oxygens (including phenoxy) is 1. The first kappa shape index (κ1) is 17.9. The van der Waals surface area contributed by atoms with Crippen LogP contribution in [0.5, 0.6) is 0 Å². The van der Waals surface area contributed by atoms with E-state index in [-0.39, 0.29) is 17.0 Å². The summed E-state index contributed by atoms with van der Waals surface area (Å²) in [5.74, 6) is -1.39. The van der Waals surface area contributed by atoms with Crippen molar-refractivity contribution in [3.8, 4) is 0 Å². The number of esters is 1. The van der Waals surface area contributed by atoms with Crippen LogP contribution in [0, 0.1) is 0 Å². The Hall–Kier alpha value is -2.42. The Morgan fingerprint density at radius 1 is 1.33 bits per heavy atom. The molecule has 2 aromatic heterocycles. The third-order valence-corrected chi connectivity index (χ3v) is 3.65. The van der Waals surface area contributed by atoms with E-state index in [1.807, 2.05) is 0 Å². The lowest BCUT2D eigenvalue weighted by Gasteiger charge is -2.20. The van der Waals surface area contributed by atoms with Crippen LogP contribution in [0.1, 0.15) is 31.1 Å². The van der Waals surface area contributed by atoms with Crippen molar-refractivity contribution in [2.24, 2.45) is 5.73 Å². The SMILES string of the molecule is CC(C)(C)OC(=O)Cn1c(=O)c(C(N)=O)cc2cc(Br)c(N)nc21. The first-order chi connectivity index (χ1) is 11.0. The van der Waals surface area contributed by atoms with Gasteiger partial charge in [-0.3, -0.25) is 19.0 Å². The van der Waals surface area contributed by atoms with Crippen molar-refractivity contribution in [2.75, 3.05) is 5.73 Å². The van der Waals surface area contributed by atoms with Crippen molar-refractivity contribution in [3.63, 3.8) is 0 Å². The van der Waals surface area contributed by atoms with Gasteiger partial charge >= 0.3 is 5.97 Å². The molecule has 0 aromatic carbocycles. The van der Waals surface area contributed by atoms with E-state index in [9.17, 15) is 14.4 Å². The fourth-order valence-corrected chi connectivity index (χ4v) is 2.45. The third kappa shape index (κ3) is 3.73. The van der Waals surface area contributed by atoms with Gasteiger partial charge in [0, 0.05) is 5.39 Å². The maximum atomic E-state index is 12.5. The van der Waals surface area contributed by atoms with E-state index >= 15 is 0 Å². The summed E-state index contributed by atoms with van der Waals surface area (Å²) in [7, 11) is 0. The van der Waals surface area contributed by atoms with Gasteiger partial charge in [0.05, 0.1) is 4.47 Å². The van der Waals surface area contributed by atoms with E-state index in [2.05, 4.69) is 20.9 Å². The summed E-state index contributed by atoms with van der Waals surface area (Å²) in [6.07, 6.45) is 0. The molecular weight excluding hydrogens is 380 g/mol. The van der Waals surface area contributed by atoms with Gasteiger partial charge in [0.2, 0.25) is 0 Å². The van der Waals surface area contributed by atoms with E-state index in [0.29, 0.717) is 9.86 Å². The molecule has 0 bridgehead atoms. The second kappa shape index (κ2) is 6.23. The fraction of sp³-hybridized carbons (Fsp3) is 0.333. The molecule has 0 radical (unpaired) electrons. The van der Waals surface area contributed by atoms with Crippen LogP contribution < -0.4 is 17.0 Å². The van der Waals surface area contributed by atoms with Crippen LogP contribution in [0.4, 0.5) is 5.82 Å². The lowest BCUT2D eigenvalue weighted by molar-refractivity contribution is -0.155. The number of amides is 1. The molecule has 8 nitrogen and oxygen atoms in total. The van der Waals surface area contributed by atoms with Gasteiger partial charge in [-0.15, -0.1) is 0 Å². The number of primary amides is 1. The van der Waals surface area contributed by atoms with Crippen LogP contribution in [0.3, 0.4) is 0 Å². The van der Waals surface area contributed by atoms with Gasteiger partial charge in [0.15, 0.2) is 0 Å². The van der Waals surface area contributed by atoms with Crippen molar-refractivity contribution >= 4 is 44.7 Å². The summed E-state index contributed by atoms with van der Waals surface area (Å²) in [6.45, 7) is 4.71. The first-order valence-electron chi connectivity index (χ1n) is 7.01. The van der Waals surface area contributed by atoms with Gasteiger partial charge in [-0.2, -0.15) is 0 Å². The van der Waals surface area contributed by atoms with Crippen LogP contribution in [0.25, 0.3) is 11.0 Å². The minimum Gasteiger partial charge on any atom is -0.459 e. The molecular formula is C15H17BrN4O4. The molecule has 2 rings (SSSR count). The molecule has 4 N–H and O–H groups in total. The molecule has 1 amide bonds. The van der Waals surface area contributed by atoms with Gasteiger partial charge < -0.3 is 16.2 Å². The number of anilines is 1. The predicted octanol–water partition coefficient (Wildman–Crippen LogP) is 1.18. The van der Waals surface area contributed by atoms with E-state index in [1.54, 1.807) is 26.8 Å². The number of hydrogen-bond acceptors (Lipinski definition) is 6. The zero-order chi connectivity index (χ0) is 18.2. The fourth-order valence-electron chi connectivity index (χ4n) is 2.11. The second-order valence-corrected chi connectivity index (χ2v) is 7.02. The first-order valence-corrected chi connectivity index (χ1v) is 7.80. The van der Waals surface area contributed by atoms with Crippen LogP contribution in [0.2, 0.25) is 0 Å². The van der Waals surface area contributed by atoms with E-state index < -0.39 is 29.6 Å². The second-order valence-electron chi connectivity index (χ2n) is 6.17. The molecule has 0 saturated carbocycles. The number of fused-ring (bicyclic) bond motifs is 1. The van der Waals surface area contributed by atoms with Crippen LogP contribution in [-0.4, -0.2) is 27.0 Å². The Morgan fingerprint density at radius 3 is 2.50 bits per heavy atom. The number of nitrogens with zero attached hydrogens (tertiary/aromatic N) is 2. The summed E-state index contributed by atoms with van der Waals surface area (Å²) in [5.41, 5.74) is 9.48. The molecule has 24 heavy (non-hydrogen) atoms. The number of pyridine rings is 2. The quantitative estimate of drug-likeness (QED) is 0.748. The van der Waals surface area contributed by atoms with Crippen molar-refractivity contribution in [1.82, 2.24) is 9.55 Å². The normalized spacial score (nSPS) is 11.5. The van der Waals surface area contributed by atoms with Gasteiger partial charge in [0.1, 0.15) is 29.2 Å². The summed E-state index contributed by atoms with van der Waals surface area (Å²) in [4.78, 5) is 40.2. The zero-order valence-corrected chi connectivity index (χ0v) is 15.0. The molecule has 0 saturated heterocycles. The Balaban J connectivity index is 2.67. The average molecular weight is 397 g/mol. The molecule has 2 aromatic rings. The molecule has 0 aliphatic rings. The van der Waals surface area contributed by atoms with Crippen LogP contribution in [0.15, 0.2) is 21.4 Å². The molecule has 2 heterocycles. The average Bonchev–Trinajstić information content (AvgIpc) is 2.41. The number of hydrogen-bond donors (Lipinski definition) is 2. The van der Waals surface area contributed by atoms with Crippen LogP contribution in [-0.2, 0) is 16.1 Å². The monoisotopic (exact) mass is 396 g/mol. The molecule has 0 atom stereocenters. The largest absolute Gasteiger partial charge is 0.459 e. The number of carbonyl (C=O) groups is 2. The number of carbonyl (C=O) groups excluding carboxylic acids is 2. The smallest absolute Gasteiger partial charge is 0.326 e. The van der Waals surface area contributed by atoms with Crippen molar-refractivity contribution in [1.29, 1.82) is 0 Å². The maximum Gasteiger partial charge on any atom is 0.326 e. The molecule has 0 unspecified atom stereocenters. The van der Waals surface area contributed by atoms with Crippen molar-refractivity contribution in [3.05, 3.63) is 32.5 Å². The van der Waals surface area contributed by atoms with E-state index in [4.69, 9.17) is 16.2 Å². The minimum atomic E-state index is -0.896. The number of nitrogen functional groups attached to an aromatic ring is 1. The summed E-state index contributed by atoms with van der Waals surface area (Å²) >= 11 is 3.23. The molecule has 0 aliphatic carbocycles. The van der Waals surface area contributed by atoms with Crippen LogP contribution >= 0.6 is 15.9 Å². The topological polar surface area (TPSA) is 130 Å². The number of rotatable bonds is 3. The van der Waals surface area contributed by atoms with Gasteiger partial charge in [0.25, 0.3) is 11.5 Å². The van der Waals surface area contributed by atoms with Gasteiger partial charge in [-0.25, -0.2) is 4.98 Å². The van der Waals surface area contributed by atoms with Gasteiger partial charge in [-0.1, -0.05) is 0 Å². The zero-order valence-electron chi connectivity index (χ0n) is 13.4. The molecule has 0 aliphatic heterocycles. The van der Waals surface area contributed by atoms with Crippen molar-refractivity contribution in [2.45, 2.75) is 32.9 Å². The lowest BCUT2D eigenvalue weighted by Crippen LogP contribution is -2.34. The molecule has 9 heteroatoms. The maximum absolute atomic E-state index is 12.5. The molecule has 128 valence electrons. The van der Waals surface area contributed by atoms with Crippen molar-refractivity contribution < 1.29 is 14.3 Å². The lowest BCUT2D eigenvalue weighted by atomic mass is 10.2. The Morgan fingerprint density at radius 2 is 1.96 bits per heavy atom. The van der Waals surface area contributed by atoms with Gasteiger partial charge in [-0.05, 0) is 48.8 Å². The third-order valence-electron chi connectivity index (χ3n) is 3.02. The predicted molar refractivity (Wildman–Crippen MR) is 92.5 cm³/mol. The summed E-state index contributed by atoms with van der Waals surface area (Å²) in [6, 6.07) is 2.91. The standard InChI is InChI=1S/C15H17BrN4O4/c1-15(2,3)24-10(21)6-20-13-7(5-9(16)11(17)19-13)4-8(12(18)22)14(20)23/h4-5H,6H2,1-3H3,(H2,17,19)(H2,18,22). The number of nitrogens with two attached hydrogens (primary N) is 2. The summed E-state index contributed by atoms with van der Waals surface area (Å²) < 4.78 is 6.74. The highest BCUT2D eigenvalue weighted by molar-refractivity contribution is 9.10. The Labute approximate surface area is 145 Å². The number of aromatic nitrogens is 2. The highest BCUT2D eigenvalue weighted by atomic mass is 79.9. The minimum absolute atomic E-state index is 0.145. The Kier molecular flexibility index (Phi) is 4.66. The number of halogens is 1. The highest BCUT2D eigenvalue weighted by Gasteiger charge is 2.21.